The summed E-state index contributed by atoms with van der Waals surface area (Å²) in [7, 11) is 1.69. The normalized spacial score (nSPS) is 12.4. The molecule has 0 aromatic heterocycles. The number of hydrogen-bond donors (Lipinski definition) is 1. The molecule has 1 unspecified atom stereocenters. The molecule has 0 saturated heterocycles. The first-order valence-corrected chi connectivity index (χ1v) is 7.26. The lowest BCUT2D eigenvalue weighted by molar-refractivity contribution is 0.521. The predicted octanol–water partition coefficient (Wildman–Crippen LogP) is 4.60. The van der Waals surface area contributed by atoms with Crippen molar-refractivity contribution in [3.8, 4) is 0 Å². The van der Waals surface area contributed by atoms with Crippen molar-refractivity contribution in [1.82, 2.24) is 5.32 Å². The van der Waals surface area contributed by atoms with Crippen LogP contribution >= 0.6 is 15.9 Å². The van der Waals surface area contributed by atoms with Gasteiger partial charge in [0, 0.05) is 10.0 Å². The summed E-state index contributed by atoms with van der Waals surface area (Å²) in [5.41, 5.74) is 2.07. The first-order chi connectivity index (χ1) is 9.56. The van der Waals surface area contributed by atoms with E-state index < -0.39 is 17.7 Å². The highest BCUT2D eigenvalue weighted by atomic mass is 79.9. The lowest BCUT2D eigenvalue weighted by atomic mass is 9.96. The summed E-state index contributed by atoms with van der Waals surface area (Å²) in [5, 5.41) is 2.98. The first-order valence-electron chi connectivity index (χ1n) is 6.47. The van der Waals surface area contributed by atoms with E-state index in [9.17, 15) is 8.78 Å². The molecule has 0 amide bonds. The maximum atomic E-state index is 14.1. The Morgan fingerprint density at radius 1 is 1.10 bits per heavy atom. The van der Waals surface area contributed by atoms with Gasteiger partial charge in [-0.15, -0.1) is 0 Å². The second-order valence-corrected chi connectivity index (χ2v) is 5.52. The number of halogens is 3. The third-order valence-electron chi connectivity index (χ3n) is 3.34. The SMILES string of the molecule is CCc1ccc(C(NC)c2c(F)cc(Br)cc2F)cc1. The zero-order chi connectivity index (χ0) is 14.7. The van der Waals surface area contributed by atoms with Crippen molar-refractivity contribution >= 4 is 15.9 Å². The maximum absolute atomic E-state index is 14.1. The molecule has 0 aliphatic rings. The Balaban J connectivity index is 2.46. The van der Waals surface area contributed by atoms with Crippen LogP contribution in [0.25, 0.3) is 0 Å². The van der Waals surface area contributed by atoms with Gasteiger partial charge in [0.25, 0.3) is 0 Å². The molecular weight excluding hydrogens is 324 g/mol. The third-order valence-corrected chi connectivity index (χ3v) is 3.80. The molecule has 1 atom stereocenters. The Kier molecular flexibility index (Phi) is 4.89. The molecule has 0 spiro atoms. The van der Waals surface area contributed by atoms with Crippen molar-refractivity contribution in [2.24, 2.45) is 0 Å². The van der Waals surface area contributed by atoms with Gasteiger partial charge in [0.15, 0.2) is 0 Å². The lowest BCUT2D eigenvalue weighted by Crippen LogP contribution is -2.20. The Morgan fingerprint density at radius 3 is 2.10 bits per heavy atom. The molecule has 20 heavy (non-hydrogen) atoms. The number of aryl methyl sites for hydroxylation is 1. The van der Waals surface area contributed by atoms with Gasteiger partial charge in [0.1, 0.15) is 11.6 Å². The van der Waals surface area contributed by atoms with E-state index in [1.807, 2.05) is 24.3 Å². The van der Waals surface area contributed by atoms with Crippen molar-refractivity contribution in [1.29, 1.82) is 0 Å². The Morgan fingerprint density at radius 2 is 1.65 bits per heavy atom. The Hall–Kier alpha value is -1.26. The monoisotopic (exact) mass is 339 g/mol. The molecule has 2 rings (SSSR count). The molecule has 2 aromatic rings. The molecular formula is C16H16BrF2N. The van der Waals surface area contributed by atoms with Crippen LogP contribution in [0.1, 0.15) is 29.7 Å². The van der Waals surface area contributed by atoms with Gasteiger partial charge >= 0.3 is 0 Å². The standard InChI is InChI=1S/C16H16BrF2N/c1-3-10-4-6-11(7-5-10)16(20-2)15-13(18)8-12(17)9-14(15)19/h4-9,16,20H,3H2,1-2H3. The van der Waals surface area contributed by atoms with E-state index in [0.29, 0.717) is 4.47 Å². The summed E-state index contributed by atoms with van der Waals surface area (Å²) in [6.07, 6.45) is 0.936. The van der Waals surface area contributed by atoms with Gasteiger partial charge in [-0.05, 0) is 36.7 Å². The van der Waals surface area contributed by atoms with Crippen LogP contribution in [0, 0.1) is 11.6 Å². The summed E-state index contributed by atoms with van der Waals surface area (Å²) in [6.45, 7) is 2.07. The molecule has 0 aliphatic heterocycles. The lowest BCUT2D eigenvalue weighted by Gasteiger charge is -2.19. The summed E-state index contributed by atoms with van der Waals surface area (Å²) < 4.78 is 28.5. The van der Waals surface area contributed by atoms with E-state index in [0.717, 1.165) is 12.0 Å². The maximum Gasteiger partial charge on any atom is 0.132 e. The van der Waals surface area contributed by atoms with E-state index in [-0.39, 0.29) is 5.56 Å². The highest BCUT2D eigenvalue weighted by Gasteiger charge is 2.21. The molecule has 2 aromatic carbocycles. The molecule has 0 radical (unpaired) electrons. The summed E-state index contributed by atoms with van der Waals surface area (Å²) in [6, 6.07) is 9.82. The quantitative estimate of drug-likeness (QED) is 0.858. The summed E-state index contributed by atoms with van der Waals surface area (Å²) in [5.74, 6) is -1.12. The summed E-state index contributed by atoms with van der Waals surface area (Å²) in [4.78, 5) is 0. The third kappa shape index (κ3) is 3.07. The fourth-order valence-electron chi connectivity index (χ4n) is 2.25. The van der Waals surface area contributed by atoms with Crippen LogP contribution in [0.3, 0.4) is 0 Å². The number of nitrogens with one attached hydrogen (secondary N) is 1. The van der Waals surface area contributed by atoms with Crippen LogP contribution in [0.15, 0.2) is 40.9 Å². The van der Waals surface area contributed by atoms with Crippen LogP contribution in [-0.2, 0) is 6.42 Å². The molecule has 1 N–H and O–H groups in total. The number of benzene rings is 2. The van der Waals surface area contributed by atoms with Crippen LogP contribution in [-0.4, -0.2) is 7.05 Å². The topological polar surface area (TPSA) is 12.0 Å². The van der Waals surface area contributed by atoms with Crippen molar-refractivity contribution in [2.45, 2.75) is 19.4 Å². The average Bonchev–Trinajstić information content (AvgIpc) is 2.43. The van der Waals surface area contributed by atoms with E-state index in [1.165, 1.54) is 17.7 Å². The van der Waals surface area contributed by atoms with Crippen molar-refractivity contribution < 1.29 is 8.78 Å². The molecule has 0 heterocycles. The average molecular weight is 340 g/mol. The van der Waals surface area contributed by atoms with Gasteiger partial charge in [-0.1, -0.05) is 47.1 Å². The van der Waals surface area contributed by atoms with Crippen LogP contribution < -0.4 is 5.32 Å². The van der Waals surface area contributed by atoms with Crippen molar-refractivity contribution in [3.63, 3.8) is 0 Å². The van der Waals surface area contributed by atoms with E-state index in [2.05, 4.69) is 28.2 Å². The van der Waals surface area contributed by atoms with Gasteiger partial charge in [0.05, 0.1) is 6.04 Å². The highest BCUT2D eigenvalue weighted by Crippen LogP contribution is 2.29. The Bertz CT molecular complexity index is 573. The van der Waals surface area contributed by atoms with E-state index in [4.69, 9.17) is 0 Å². The minimum atomic E-state index is -0.559. The van der Waals surface area contributed by atoms with E-state index in [1.54, 1.807) is 7.05 Å². The van der Waals surface area contributed by atoms with Crippen molar-refractivity contribution in [3.05, 3.63) is 69.2 Å². The highest BCUT2D eigenvalue weighted by molar-refractivity contribution is 9.10. The fourth-order valence-corrected chi connectivity index (χ4v) is 2.65. The molecule has 106 valence electrons. The fraction of sp³-hybridized carbons (Fsp3) is 0.250. The largest absolute Gasteiger partial charge is 0.309 e. The molecule has 0 bridgehead atoms. The zero-order valence-corrected chi connectivity index (χ0v) is 13.0. The smallest absolute Gasteiger partial charge is 0.132 e. The Labute approximate surface area is 126 Å². The van der Waals surface area contributed by atoms with Gasteiger partial charge in [-0.2, -0.15) is 0 Å². The zero-order valence-electron chi connectivity index (χ0n) is 11.4. The van der Waals surface area contributed by atoms with Crippen LogP contribution in [0.2, 0.25) is 0 Å². The van der Waals surface area contributed by atoms with Crippen LogP contribution in [0.4, 0.5) is 8.78 Å². The summed E-state index contributed by atoms with van der Waals surface area (Å²) >= 11 is 3.09. The molecule has 0 saturated carbocycles. The molecule has 0 aliphatic carbocycles. The number of hydrogen-bond acceptors (Lipinski definition) is 1. The molecule has 4 heteroatoms. The minimum absolute atomic E-state index is 0.0416. The van der Waals surface area contributed by atoms with Gasteiger partial charge < -0.3 is 5.32 Å². The van der Waals surface area contributed by atoms with Crippen molar-refractivity contribution in [2.75, 3.05) is 7.05 Å². The van der Waals surface area contributed by atoms with Gasteiger partial charge in [-0.3, -0.25) is 0 Å². The second-order valence-electron chi connectivity index (χ2n) is 4.60. The predicted molar refractivity (Wildman–Crippen MR) is 80.8 cm³/mol. The molecule has 0 fully saturated rings. The second kappa shape index (κ2) is 6.46. The minimum Gasteiger partial charge on any atom is -0.309 e. The first kappa shape index (κ1) is 15.1. The molecule has 1 nitrogen and oxygen atoms in total. The van der Waals surface area contributed by atoms with Crippen LogP contribution in [0.5, 0.6) is 0 Å². The number of rotatable bonds is 4. The van der Waals surface area contributed by atoms with Gasteiger partial charge in [-0.25, -0.2) is 8.78 Å². The van der Waals surface area contributed by atoms with E-state index >= 15 is 0 Å². The van der Waals surface area contributed by atoms with Gasteiger partial charge in [0.2, 0.25) is 0 Å².